The van der Waals surface area contributed by atoms with Gasteiger partial charge in [0, 0.05) is 6.04 Å². The van der Waals surface area contributed by atoms with Crippen molar-refractivity contribution in [2.75, 3.05) is 7.05 Å². The zero-order valence-corrected chi connectivity index (χ0v) is 10.9. The molecule has 0 aliphatic heterocycles. The molecular weight excluding hydrogens is 182 g/mol. The van der Waals surface area contributed by atoms with Gasteiger partial charge in [0.1, 0.15) is 0 Å². The first-order chi connectivity index (χ1) is 7.27. The molecule has 0 amide bonds. The highest BCUT2D eigenvalue weighted by molar-refractivity contribution is 4.80. The van der Waals surface area contributed by atoms with Crippen molar-refractivity contribution in [3.05, 3.63) is 0 Å². The fraction of sp³-hybridized carbons (Fsp3) is 1.00. The zero-order valence-electron chi connectivity index (χ0n) is 10.9. The molecule has 0 radical (unpaired) electrons. The van der Waals surface area contributed by atoms with E-state index in [4.69, 9.17) is 0 Å². The molecule has 1 nitrogen and oxygen atoms in total. The van der Waals surface area contributed by atoms with Crippen LogP contribution < -0.4 is 5.32 Å². The van der Waals surface area contributed by atoms with Crippen LogP contribution in [-0.4, -0.2) is 13.1 Å². The minimum absolute atomic E-state index is 0.798. The fourth-order valence-corrected chi connectivity index (χ4v) is 3.08. The quantitative estimate of drug-likeness (QED) is 0.671. The van der Waals surface area contributed by atoms with Gasteiger partial charge in [-0.3, -0.25) is 0 Å². The Hall–Kier alpha value is -0.0400. The summed E-state index contributed by atoms with van der Waals surface area (Å²) in [5.41, 5.74) is 0. The lowest BCUT2D eigenvalue weighted by molar-refractivity contribution is 0.326. The van der Waals surface area contributed by atoms with Crippen LogP contribution in [0.1, 0.15) is 65.2 Å². The maximum atomic E-state index is 3.54. The van der Waals surface area contributed by atoms with Gasteiger partial charge in [-0.1, -0.05) is 39.5 Å². The zero-order chi connectivity index (χ0) is 11.1. The Bertz CT molecular complexity index is 149. The molecule has 1 rings (SSSR count). The molecule has 1 N–H and O–H groups in total. The number of rotatable bonds is 7. The summed E-state index contributed by atoms with van der Waals surface area (Å²) in [6, 6.07) is 0.798. The van der Waals surface area contributed by atoms with Gasteiger partial charge in [-0.05, 0) is 44.6 Å². The topological polar surface area (TPSA) is 12.0 Å². The van der Waals surface area contributed by atoms with Gasteiger partial charge in [-0.25, -0.2) is 0 Å². The van der Waals surface area contributed by atoms with Gasteiger partial charge < -0.3 is 5.32 Å². The van der Waals surface area contributed by atoms with Crippen molar-refractivity contribution in [1.82, 2.24) is 5.32 Å². The second kappa shape index (κ2) is 7.27. The van der Waals surface area contributed by atoms with Crippen LogP contribution in [0.4, 0.5) is 0 Å². The van der Waals surface area contributed by atoms with E-state index in [-0.39, 0.29) is 0 Å². The van der Waals surface area contributed by atoms with Gasteiger partial charge in [0.2, 0.25) is 0 Å². The second-order valence-electron chi connectivity index (χ2n) is 5.41. The van der Waals surface area contributed by atoms with Crippen molar-refractivity contribution in [3.8, 4) is 0 Å². The Morgan fingerprint density at radius 2 is 1.80 bits per heavy atom. The van der Waals surface area contributed by atoms with Gasteiger partial charge in [0.25, 0.3) is 0 Å². The lowest BCUT2D eigenvalue weighted by atomic mass is 9.90. The smallest absolute Gasteiger partial charge is 0.00924 e. The Kier molecular flexibility index (Phi) is 6.31. The van der Waals surface area contributed by atoms with Crippen LogP contribution in [0.3, 0.4) is 0 Å². The largest absolute Gasteiger partial charge is 0.317 e. The van der Waals surface area contributed by atoms with Crippen LogP contribution in [0, 0.1) is 11.8 Å². The average Bonchev–Trinajstić information content (AvgIpc) is 2.72. The predicted octanol–water partition coefficient (Wildman–Crippen LogP) is 3.98. The SMILES string of the molecule is CCCC(C)CCC(NC)C1CCCC1. The molecule has 2 atom stereocenters. The molecule has 2 unspecified atom stereocenters. The fourth-order valence-electron chi connectivity index (χ4n) is 3.08. The summed E-state index contributed by atoms with van der Waals surface area (Å²) >= 11 is 0. The van der Waals surface area contributed by atoms with Crippen molar-refractivity contribution < 1.29 is 0 Å². The van der Waals surface area contributed by atoms with Gasteiger partial charge in [0.05, 0.1) is 0 Å². The van der Waals surface area contributed by atoms with Crippen LogP contribution in [-0.2, 0) is 0 Å². The van der Waals surface area contributed by atoms with E-state index in [0.29, 0.717) is 0 Å². The van der Waals surface area contributed by atoms with E-state index < -0.39 is 0 Å². The molecule has 1 aliphatic carbocycles. The third-order valence-corrected chi connectivity index (χ3v) is 4.09. The summed E-state index contributed by atoms with van der Waals surface area (Å²) in [5.74, 6) is 1.90. The van der Waals surface area contributed by atoms with E-state index in [0.717, 1.165) is 17.9 Å². The van der Waals surface area contributed by atoms with Crippen LogP contribution in [0.25, 0.3) is 0 Å². The Balaban J connectivity index is 2.20. The summed E-state index contributed by atoms with van der Waals surface area (Å²) in [7, 11) is 2.15. The Morgan fingerprint density at radius 3 is 2.33 bits per heavy atom. The highest BCUT2D eigenvalue weighted by Crippen LogP contribution is 2.30. The monoisotopic (exact) mass is 211 g/mol. The third kappa shape index (κ3) is 4.55. The van der Waals surface area contributed by atoms with E-state index in [1.165, 1.54) is 51.4 Å². The van der Waals surface area contributed by atoms with Gasteiger partial charge in [-0.15, -0.1) is 0 Å². The molecular formula is C14H29N. The molecule has 0 spiro atoms. The first kappa shape index (κ1) is 13.0. The van der Waals surface area contributed by atoms with E-state index in [2.05, 4.69) is 26.2 Å². The summed E-state index contributed by atoms with van der Waals surface area (Å²) in [6.45, 7) is 4.70. The van der Waals surface area contributed by atoms with E-state index in [1.54, 1.807) is 0 Å². The van der Waals surface area contributed by atoms with Crippen molar-refractivity contribution >= 4 is 0 Å². The maximum Gasteiger partial charge on any atom is 0.00924 e. The predicted molar refractivity (Wildman–Crippen MR) is 68.1 cm³/mol. The molecule has 0 aromatic heterocycles. The minimum atomic E-state index is 0.798. The van der Waals surface area contributed by atoms with Gasteiger partial charge >= 0.3 is 0 Å². The Labute approximate surface area is 96.0 Å². The molecule has 1 saturated carbocycles. The number of nitrogens with one attached hydrogen (secondary N) is 1. The van der Waals surface area contributed by atoms with Crippen LogP contribution in [0.2, 0.25) is 0 Å². The number of hydrogen-bond donors (Lipinski definition) is 1. The first-order valence-electron chi connectivity index (χ1n) is 6.95. The molecule has 0 bridgehead atoms. The highest BCUT2D eigenvalue weighted by Gasteiger charge is 2.23. The first-order valence-corrected chi connectivity index (χ1v) is 6.95. The van der Waals surface area contributed by atoms with Crippen molar-refractivity contribution in [1.29, 1.82) is 0 Å². The van der Waals surface area contributed by atoms with Crippen LogP contribution >= 0.6 is 0 Å². The molecule has 1 fully saturated rings. The highest BCUT2D eigenvalue weighted by atomic mass is 14.9. The summed E-state index contributed by atoms with van der Waals surface area (Å²) in [4.78, 5) is 0. The van der Waals surface area contributed by atoms with Crippen molar-refractivity contribution in [2.45, 2.75) is 71.3 Å². The van der Waals surface area contributed by atoms with Crippen LogP contribution in [0.15, 0.2) is 0 Å². The normalized spacial score (nSPS) is 21.8. The molecule has 15 heavy (non-hydrogen) atoms. The van der Waals surface area contributed by atoms with E-state index in [1.807, 2.05) is 0 Å². The van der Waals surface area contributed by atoms with Crippen molar-refractivity contribution in [3.63, 3.8) is 0 Å². The van der Waals surface area contributed by atoms with Gasteiger partial charge in [-0.2, -0.15) is 0 Å². The molecule has 0 heterocycles. The lowest BCUT2D eigenvalue weighted by Crippen LogP contribution is -2.32. The van der Waals surface area contributed by atoms with Crippen LogP contribution in [0.5, 0.6) is 0 Å². The van der Waals surface area contributed by atoms with E-state index >= 15 is 0 Å². The van der Waals surface area contributed by atoms with E-state index in [9.17, 15) is 0 Å². The summed E-state index contributed by atoms with van der Waals surface area (Å²) in [5, 5.41) is 3.54. The molecule has 1 aliphatic rings. The molecule has 0 saturated heterocycles. The molecule has 1 heteroatoms. The minimum Gasteiger partial charge on any atom is -0.317 e. The average molecular weight is 211 g/mol. The van der Waals surface area contributed by atoms with Gasteiger partial charge in [0.15, 0.2) is 0 Å². The third-order valence-electron chi connectivity index (χ3n) is 4.09. The molecule has 90 valence electrons. The second-order valence-corrected chi connectivity index (χ2v) is 5.41. The summed E-state index contributed by atoms with van der Waals surface area (Å²) < 4.78 is 0. The molecule has 0 aromatic rings. The molecule has 0 aromatic carbocycles. The Morgan fingerprint density at radius 1 is 1.13 bits per heavy atom. The lowest BCUT2D eigenvalue weighted by Gasteiger charge is -2.24. The maximum absolute atomic E-state index is 3.54. The number of hydrogen-bond acceptors (Lipinski definition) is 1. The summed E-state index contributed by atoms with van der Waals surface area (Å²) in [6.07, 6.45) is 11.4. The standard InChI is InChI=1S/C14H29N/c1-4-7-12(2)10-11-14(15-3)13-8-5-6-9-13/h12-15H,4-11H2,1-3H3. The van der Waals surface area contributed by atoms with Crippen molar-refractivity contribution in [2.24, 2.45) is 11.8 Å².